The Balaban J connectivity index is 2.29. The SMILES string of the molecule is CCCn1ccn(Cc2ccc(N)cc2OC)c1=O. The molecular weight excluding hydrogens is 242 g/mol. The fraction of sp³-hybridized carbons (Fsp3) is 0.357. The van der Waals surface area contributed by atoms with Crippen molar-refractivity contribution in [2.24, 2.45) is 0 Å². The van der Waals surface area contributed by atoms with E-state index in [0.29, 0.717) is 18.0 Å². The number of hydrogen-bond donors (Lipinski definition) is 1. The molecule has 2 aromatic rings. The summed E-state index contributed by atoms with van der Waals surface area (Å²) < 4.78 is 8.67. The van der Waals surface area contributed by atoms with Crippen LogP contribution >= 0.6 is 0 Å². The minimum atomic E-state index is 0.000674. The van der Waals surface area contributed by atoms with Gasteiger partial charge in [0, 0.05) is 36.3 Å². The Bertz CT molecular complexity index is 613. The minimum Gasteiger partial charge on any atom is -0.496 e. The maximum Gasteiger partial charge on any atom is 0.328 e. The first kappa shape index (κ1) is 13.3. The van der Waals surface area contributed by atoms with Gasteiger partial charge in [-0.2, -0.15) is 0 Å². The van der Waals surface area contributed by atoms with Crippen molar-refractivity contribution in [1.82, 2.24) is 9.13 Å². The van der Waals surface area contributed by atoms with Crippen LogP contribution in [0.4, 0.5) is 5.69 Å². The van der Waals surface area contributed by atoms with Crippen LogP contribution in [-0.2, 0) is 13.1 Å². The average Bonchev–Trinajstić information content (AvgIpc) is 2.74. The summed E-state index contributed by atoms with van der Waals surface area (Å²) in [5.41, 5.74) is 7.31. The van der Waals surface area contributed by atoms with Crippen LogP contribution in [0, 0.1) is 0 Å². The van der Waals surface area contributed by atoms with Crippen molar-refractivity contribution >= 4 is 5.69 Å². The first-order valence-corrected chi connectivity index (χ1v) is 6.33. The summed E-state index contributed by atoms with van der Waals surface area (Å²) >= 11 is 0. The molecule has 0 amide bonds. The van der Waals surface area contributed by atoms with Gasteiger partial charge in [-0.3, -0.25) is 9.13 Å². The van der Waals surface area contributed by atoms with Crippen LogP contribution in [0.25, 0.3) is 0 Å². The number of imidazole rings is 1. The lowest BCUT2D eigenvalue weighted by Crippen LogP contribution is -2.24. The van der Waals surface area contributed by atoms with Crippen LogP contribution in [0.1, 0.15) is 18.9 Å². The summed E-state index contributed by atoms with van der Waals surface area (Å²) in [4.78, 5) is 12.1. The average molecular weight is 261 g/mol. The number of nitrogens with zero attached hydrogens (tertiary/aromatic N) is 2. The molecule has 5 heteroatoms. The lowest BCUT2D eigenvalue weighted by Gasteiger charge is -2.09. The zero-order valence-corrected chi connectivity index (χ0v) is 11.3. The predicted octanol–water partition coefficient (Wildman–Crippen LogP) is 1.70. The summed E-state index contributed by atoms with van der Waals surface area (Å²) in [6, 6.07) is 5.47. The molecule has 2 rings (SSSR count). The molecule has 0 aliphatic rings. The van der Waals surface area contributed by atoms with E-state index in [1.165, 1.54) is 0 Å². The number of aryl methyl sites for hydroxylation is 1. The van der Waals surface area contributed by atoms with Crippen molar-refractivity contribution < 1.29 is 4.74 Å². The molecule has 19 heavy (non-hydrogen) atoms. The smallest absolute Gasteiger partial charge is 0.328 e. The number of rotatable bonds is 5. The Morgan fingerprint density at radius 2 is 2.00 bits per heavy atom. The molecule has 1 aromatic carbocycles. The lowest BCUT2D eigenvalue weighted by atomic mass is 10.2. The molecule has 1 aromatic heterocycles. The molecule has 0 saturated heterocycles. The maximum atomic E-state index is 12.1. The molecule has 2 N–H and O–H groups in total. The molecule has 0 bridgehead atoms. The van der Waals surface area contributed by atoms with Gasteiger partial charge in [-0.05, 0) is 12.5 Å². The van der Waals surface area contributed by atoms with Crippen LogP contribution in [0.2, 0.25) is 0 Å². The third-order valence-corrected chi connectivity index (χ3v) is 3.03. The van der Waals surface area contributed by atoms with E-state index in [1.807, 2.05) is 25.3 Å². The van der Waals surface area contributed by atoms with Crippen LogP contribution in [0.5, 0.6) is 5.75 Å². The van der Waals surface area contributed by atoms with Gasteiger partial charge in [0.2, 0.25) is 0 Å². The largest absolute Gasteiger partial charge is 0.496 e. The standard InChI is InChI=1S/C14H19N3O2/c1-3-6-16-7-8-17(14(16)18)10-11-4-5-12(15)9-13(11)19-2/h4-5,7-9H,3,6,10,15H2,1-2H3. The highest BCUT2D eigenvalue weighted by molar-refractivity contribution is 5.48. The molecule has 0 aliphatic carbocycles. The van der Waals surface area contributed by atoms with E-state index in [9.17, 15) is 4.79 Å². The molecule has 0 fully saturated rings. The first-order valence-electron chi connectivity index (χ1n) is 6.33. The van der Waals surface area contributed by atoms with Crippen LogP contribution in [0.15, 0.2) is 35.4 Å². The number of nitrogens with two attached hydrogens (primary N) is 1. The van der Waals surface area contributed by atoms with E-state index in [-0.39, 0.29) is 5.69 Å². The summed E-state index contributed by atoms with van der Waals surface area (Å²) in [5.74, 6) is 0.704. The molecule has 5 nitrogen and oxygen atoms in total. The molecule has 0 spiro atoms. The second-order valence-corrected chi connectivity index (χ2v) is 4.47. The first-order chi connectivity index (χ1) is 9.15. The quantitative estimate of drug-likeness (QED) is 0.833. The summed E-state index contributed by atoms with van der Waals surface area (Å²) in [6.07, 6.45) is 4.55. The fourth-order valence-electron chi connectivity index (χ4n) is 2.06. The van der Waals surface area contributed by atoms with Gasteiger partial charge in [0.05, 0.1) is 13.7 Å². The van der Waals surface area contributed by atoms with Gasteiger partial charge in [-0.15, -0.1) is 0 Å². The molecule has 0 radical (unpaired) electrons. The number of methoxy groups -OCH3 is 1. The monoisotopic (exact) mass is 261 g/mol. The van der Waals surface area contributed by atoms with Crippen LogP contribution < -0.4 is 16.2 Å². The van der Waals surface area contributed by atoms with Crippen LogP contribution in [-0.4, -0.2) is 16.2 Å². The Morgan fingerprint density at radius 1 is 1.26 bits per heavy atom. The topological polar surface area (TPSA) is 62.2 Å². The van der Waals surface area contributed by atoms with Crippen molar-refractivity contribution in [2.45, 2.75) is 26.4 Å². The molecule has 0 aliphatic heterocycles. The zero-order chi connectivity index (χ0) is 13.8. The number of hydrogen-bond acceptors (Lipinski definition) is 3. The summed E-state index contributed by atoms with van der Waals surface area (Å²) in [7, 11) is 1.60. The second kappa shape index (κ2) is 5.65. The van der Waals surface area contributed by atoms with Gasteiger partial charge in [0.1, 0.15) is 5.75 Å². The normalized spacial score (nSPS) is 10.6. The highest BCUT2D eigenvalue weighted by atomic mass is 16.5. The van der Waals surface area contributed by atoms with Gasteiger partial charge >= 0.3 is 5.69 Å². The molecule has 0 atom stereocenters. The Kier molecular flexibility index (Phi) is 3.94. The lowest BCUT2D eigenvalue weighted by molar-refractivity contribution is 0.408. The van der Waals surface area contributed by atoms with E-state index in [4.69, 9.17) is 10.5 Å². The second-order valence-electron chi connectivity index (χ2n) is 4.47. The predicted molar refractivity (Wildman–Crippen MR) is 75.5 cm³/mol. The van der Waals surface area contributed by atoms with Gasteiger partial charge in [-0.25, -0.2) is 4.79 Å². The molecule has 102 valence electrons. The van der Waals surface area contributed by atoms with E-state index >= 15 is 0 Å². The molecule has 0 saturated carbocycles. The zero-order valence-electron chi connectivity index (χ0n) is 11.3. The maximum absolute atomic E-state index is 12.1. The summed E-state index contributed by atoms with van der Waals surface area (Å²) in [5, 5.41) is 0. The highest BCUT2D eigenvalue weighted by Gasteiger charge is 2.07. The number of nitrogen functional groups attached to an aromatic ring is 1. The van der Waals surface area contributed by atoms with E-state index in [0.717, 1.165) is 18.5 Å². The Hall–Kier alpha value is -2.17. The van der Waals surface area contributed by atoms with Gasteiger partial charge in [0.15, 0.2) is 0 Å². The van der Waals surface area contributed by atoms with Crippen molar-refractivity contribution in [1.29, 1.82) is 0 Å². The Morgan fingerprint density at radius 3 is 2.68 bits per heavy atom. The van der Waals surface area contributed by atoms with Crippen LogP contribution in [0.3, 0.4) is 0 Å². The fourth-order valence-corrected chi connectivity index (χ4v) is 2.06. The molecular formula is C14H19N3O2. The van der Waals surface area contributed by atoms with Gasteiger partial charge in [0.25, 0.3) is 0 Å². The third kappa shape index (κ3) is 2.81. The van der Waals surface area contributed by atoms with E-state index in [1.54, 1.807) is 28.5 Å². The highest BCUT2D eigenvalue weighted by Crippen LogP contribution is 2.21. The van der Waals surface area contributed by atoms with Crippen molar-refractivity contribution in [3.8, 4) is 5.75 Å². The van der Waals surface area contributed by atoms with Crippen molar-refractivity contribution in [3.63, 3.8) is 0 Å². The number of anilines is 1. The number of ether oxygens (including phenoxy) is 1. The molecule has 1 heterocycles. The van der Waals surface area contributed by atoms with E-state index < -0.39 is 0 Å². The van der Waals surface area contributed by atoms with Crippen molar-refractivity contribution in [2.75, 3.05) is 12.8 Å². The number of aromatic nitrogens is 2. The molecule has 0 unspecified atom stereocenters. The van der Waals surface area contributed by atoms with E-state index in [2.05, 4.69) is 0 Å². The Labute approximate surface area is 112 Å². The summed E-state index contributed by atoms with van der Waals surface area (Å²) in [6.45, 7) is 3.27. The van der Waals surface area contributed by atoms with Gasteiger partial charge < -0.3 is 10.5 Å². The third-order valence-electron chi connectivity index (χ3n) is 3.03. The number of benzene rings is 1. The van der Waals surface area contributed by atoms with Crippen molar-refractivity contribution in [3.05, 3.63) is 46.6 Å². The minimum absolute atomic E-state index is 0.000674. The van der Waals surface area contributed by atoms with Gasteiger partial charge in [-0.1, -0.05) is 13.0 Å².